The molecule has 2 rings (SSSR count). The molecule has 0 aliphatic rings. The molecule has 1 aromatic heterocycles. The van der Waals surface area contributed by atoms with Crippen LogP contribution in [0, 0.1) is 12.7 Å². The molecule has 1 aromatic carbocycles. The molecule has 0 fully saturated rings. The van der Waals surface area contributed by atoms with Crippen LogP contribution in [0.2, 0.25) is 0 Å². The van der Waals surface area contributed by atoms with Crippen LogP contribution in [-0.4, -0.2) is 19.0 Å². The molecule has 0 radical (unpaired) electrons. The summed E-state index contributed by atoms with van der Waals surface area (Å²) in [5.74, 6) is 1.70. The third-order valence-corrected chi connectivity index (χ3v) is 3.26. The second-order valence-electron chi connectivity index (χ2n) is 5.09. The van der Waals surface area contributed by atoms with Crippen LogP contribution in [0.25, 0.3) is 0 Å². The van der Waals surface area contributed by atoms with Gasteiger partial charge >= 0.3 is 0 Å². The van der Waals surface area contributed by atoms with E-state index >= 15 is 0 Å². The molecule has 4 heteroatoms. The van der Waals surface area contributed by atoms with Crippen molar-refractivity contribution in [2.24, 2.45) is 0 Å². The summed E-state index contributed by atoms with van der Waals surface area (Å²) in [4.78, 5) is 2.08. The van der Waals surface area contributed by atoms with Gasteiger partial charge in [0.15, 0.2) is 0 Å². The third kappa shape index (κ3) is 3.68. The van der Waals surface area contributed by atoms with Crippen LogP contribution in [0.4, 0.5) is 4.39 Å². The highest BCUT2D eigenvalue weighted by Gasteiger charge is 2.11. The van der Waals surface area contributed by atoms with Gasteiger partial charge in [0.05, 0.1) is 6.54 Å². The van der Waals surface area contributed by atoms with Crippen molar-refractivity contribution in [2.75, 3.05) is 14.1 Å². The molecule has 20 heavy (non-hydrogen) atoms. The lowest BCUT2D eigenvalue weighted by molar-refractivity contribution is 0.311. The smallest absolute Gasteiger partial charge is 0.127 e. The number of rotatable bonds is 6. The normalized spacial score (nSPS) is 11.2. The number of benzene rings is 1. The zero-order valence-electron chi connectivity index (χ0n) is 12.2. The maximum Gasteiger partial charge on any atom is 0.127 e. The van der Waals surface area contributed by atoms with E-state index in [1.165, 1.54) is 6.07 Å². The molecule has 1 heterocycles. The summed E-state index contributed by atoms with van der Waals surface area (Å²) in [5, 5.41) is 3.07. The summed E-state index contributed by atoms with van der Waals surface area (Å²) in [7, 11) is 3.87. The predicted octanol–water partition coefficient (Wildman–Crippen LogP) is 3.08. The van der Waals surface area contributed by atoms with E-state index < -0.39 is 0 Å². The van der Waals surface area contributed by atoms with Crippen LogP contribution in [0.1, 0.15) is 22.6 Å². The average molecular weight is 276 g/mol. The topological polar surface area (TPSA) is 28.4 Å². The molecular weight excluding hydrogens is 255 g/mol. The fourth-order valence-corrected chi connectivity index (χ4v) is 2.27. The lowest BCUT2D eigenvalue weighted by Gasteiger charge is -2.16. The highest BCUT2D eigenvalue weighted by Crippen LogP contribution is 2.18. The van der Waals surface area contributed by atoms with Crippen LogP contribution in [0.3, 0.4) is 0 Å². The highest BCUT2D eigenvalue weighted by molar-refractivity contribution is 5.21. The van der Waals surface area contributed by atoms with Crippen LogP contribution >= 0.6 is 0 Å². The monoisotopic (exact) mass is 276 g/mol. The molecule has 2 aromatic rings. The van der Waals surface area contributed by atoms with Crippen LogP contribution in [0.5, 0.6) is 0 Å². The van der Waals surface area contributed by atoms with Crippen molar-refractivity contribution in [2.45, 2.75) is 26.6 Å². The SMILES string of the molecule is CNCc1cc(CN(C)Cc2ccccc2F)c(C)o1. The third-order valence-electron chi connectivity index (χ3n) is 3.26. The minimum Gasteiger partial charge on any atom is -0.465 e. The second-order valence-corrected chi connectivity index (χ2v) is 5.09. The van der Waals surface area contributed by atoms with Crippen molar-refractivity contribution in [3.8, 4) is 0 Å². The molecule has 0 aliphatic heterocycles. The Balaban J connectivity index is 2.01. The molecule has 0 atom stereocenters. The van der Waals surface area contributed by atoms with E-state index in [2.05, 4.69) is 16.3 Å². The van der Waals surface area contributed by atoms with E-state index in [1.807, 2.05) is 33.2 Å². The number of aryl methyl sites for hydroxylation is 1. The van der Waals surface area contributed by atoms with Crippen molar-refractivity contribution < 1.29 is 8.81 Å². The first-order valence-electron chi connectivity index (χ1n) is 6.75. The number of furan rings is 1. The maximum absolute atomic E-state index is 13.6. The highest BCUT2D eigenvalue weighted by atomic mass is 19.1. The Bertz CT molecular complexity index is 565. The minimum atomic E-state index is -0.154. The van der Waals surface area contributed by atoms with E-state index in [1.54, 1.807) is 6.07 Å². The van der Waals surface area contributed by atoms with Gasteiger partial charge in [-0.3, -0.25) is 4.90 Å². The number of hydrogen-bond acceptors (Lipinski definition) is 3. The Morgan fingerprint density at radius 2 is 1.90 bits per heavy atom. The minimum absolute atomic E-state index is 0.154. The van der Waals surface area contributed by atoms with Gasteiger partial charge in [-0.25, -0.2) is 4.39 Å². The standard InChI is InChI=1S/C16H21FN2O/c1-12-14(8-15(20-12)9-18-2)11-19(3)10-13-6-4-5-7-16(13)17/h4-8,18H,9-11H2,1-3H3. The fourth-order valence-electron chi connectivity index (χ4n) is 2.27. The van der Waals surface area contributed by atoms with E-state index in [-0.39, 0.29) is 5.82 Å². The molecule has 0 saturated carbocycles. The first-order valence-corrected chi connectivity index (χ1v) is 6.75. The molecule has 0 saturated heterocycles. The maximum atomic E-state index is 13.6. The summed E-state index contributed by atoms with van der Waals surface area (Å²) in [6.07, 6.45) is 0. The molecule has 0 bridgehead atoms. The van der Waals surface area contributed by atoms with Crippen LogP contribution in [0.15, 0.2) is 34.7 Å². The Kier molecular flexibility index (Phi) is 4.93. The summed E-state index contributed by atoms with van der Waals surface area (Å²) >= 11 is 0. The van der Waals surface area contributed by atoms with Gasteiger partial charge in [0.2, 0.25) is 0 Å². The van der Waals surface area contributed by atoms with Gasteiger partial charge in [-0.05, 0) is 33.2 Å². The van der Waals surface area contributed by atoms with Gasteiger partial charge in [-0.2, -0.15) is 0 Å². The lowest BCUT2D eigenvalue weighted by atomic mass is 10.2. The van der Waals surface area contributed by atoms with E-state index in [9.17, 15) is 4.39 Å². The Hall–Kier alpha value is -1.65. The molecule has 1 N–H and O–H groups in total. The largest absolute Gasteiger partial charge is 0.465 e. The fraction of sp³-hybridized carbons (Fsp3) is 0.375. The first-order chi connectivity index (χ1) is 9.60. The zero-order chi connectivity index (χ0) is 14.5. The van der Waals surface area contributed by atoms with Crippen LogP contribution in [-0.2, 0) is 19.6 Å². The van der Waals surface area contributed by atoms with Gasteiger partial charge in [0.1, 0.15) is 17.3 Å². The van der Waals surface area contributed by atoms with Gasteiger partial charge in [0.25, 0.3) is 0 Å². The van der Waals surface area contributed by atoms with Crippen molar-refractivity contribution in [3.63, 3.8) is 0 Å². The van der Waals surface area contributed by atoms with E-state index in [0.29, 0.717) is 12.1 Å². The Morgan fingerprint density at radius 3 is 2.60 bits per heavy atom. The molecule has 0 amide bonds. The Morgan fingerprint density at radius 1 is 1.20 bits per heavy atom. The summed E-state index contributed by atoms with van der Waals surface area (Å²) in [5.41, 5.74) is 1.86. The number of hydrogen-bond donors (Lipinski definition) is 1. The quantitative estimate of drug-likeness (QED) is 0.879. The molecule has 108 valence electrons. The van der Waals surface area contributed by atoms with Gasteiger partial charge in [0, 0.05) is 24.2 Å². The molecule has 0 unspecified atom stereocenters. The number of nitrogens with one attached hydrogen (secondary N) is 1. The lowest BCUT2D eigenvalue weighted by Crippen LogP contribution is -2.18. The Labute approximate surface area is 119 Å². The van der Waals surface area contributed by atoms with Gasteiger partial charge in [-0.15, -0.1) is 0 Å². The van der Waals surface area contributed by atoms with Crippen molar-refractivity contribution in [1.82, 2.24) is 10.2 Å². The van der Waals surface area contributed by atoms with E-state index in [4.69, 9.17) is 4.42 Å². The van der Waals surface area contributed by atoms with Gasteiger partial charge in [-0.1, -0.05) is 18.2 Å². The van der Waals surface area contributed by atoms with Crippen molar-refractivity contribution in [1.29, 1.82) is 0 Å². The number of halogens is 1. The molecule has 3 nitrogen and oxygen atoms in total. The molecular formula is C16H21FN2O. The first kappa shape index (κ1) is 14.8. The summed E-state index contributed by atoms with van der Waals surface area (Å²) in [6.45, 7) is 4.01. The number of nitrogens with zero attached hydrogens (tertiary/aromatic N) is 1. The zero-order valence-corrected chi connectivity index (χ0v) is 12.2. The van der Waals surface area contributed by atoms with Gasteiger partial charge < -0.3 is 9.73 Å². The van der Waals surface area contributed by atoms with Crippen molar-refractivity contribution >= 4 is 0 Å². The van der Waals surface area contributed by atoms with Crippen molar-refractivity contribution in [3.05, 3.63) is 58.8 Å². The second kappa shape index (κ2) is 6.68. The summed E-state index contributed by atoms with van der Waals surface area (Å²) in [6, 6.07) is 8.95. The van der Waals surface area contributed by atoms with E-state index in [0.717, 1.165) is 30.2 Å². The predicted molar refractivity (Wildman–Crippen MR) is 77.8 cm³/mol. The molecule has 0 aliphatic carbocycles. The average Bonchev–Trinajstić information content (AvgIpc) is 2.73. The summed E-state index contributed by atoms with van der Waals surface area (Å²) < 4.78 is 19.3. The molecule has 0 spiro atoms. The van der Waals surface area contributed by atoms with Crippen LogP contribution < -0.4 is 5.32 Å².